The van der Waals surface area contributed by atoms with Gasteiger partial charge in [-0.05, 0) is 56.1 Å². The van der Waals surface area contributed by atoms with Gasteiger partial charge in [-0.25, -0.2) is 4.79 Å². The number of aliphatic carboxylic acids is 1. The van der Waals surface area contributed by atoms with E-state index in [-0.39, 0.29) is 31.7 Å². The molecule has 14 heteroatoms. The van der Waals surface area contributed by atoms with E-state index < -0.39 is 78.1 Å². The minimum absolute atomic E-state index is 0.00664. The number of hydrogen-bond acceptors (Lipinski definition) is 8. The molecule has 258 valence electrons. The number of esters is 1. The number of aryl methyl sites for hydroxylation is 1. The molecule has 1 aromatic heterocycles. The zero-order valence-corrected chi connectivity index (χ0v) is 27.9. The van der Waals surface area contributed by atoms with Gasteiger partial charge in [-0.1, -0.05) is 45.9 Å². The molecule has 4 amide bonds. The third-order valence-electron chi connectivity index (χ3n) is 8.41. The second-order valence-electron chi connectivity index (χ2n) is 12.9. The Morgan fingerprint density at radius 1 is 1.02 bits per heavy atom. The second kappa shape index (κ2) is 16.4. The van der Waals surface area contributed by atoms with Gasteiger partial charge in [0.2, 0.25) is 23.6 Å². The first-order valence-electron chi connectivity index (χ1n) is 16.0. The molecule has 7 N–H and O–H groups in total. The Bertz CT molecular complexity index is 1470. The van der Waals surface area contributed by atoms with Crippen molar-refractivity contribution in [3.63, 3.8) is 0 Å². The van der Waals surface area contributed by atoms with Crippen LogP contribution in [0.4, 0.5) is 0 Å². The molecule has 0 unspecified atom stereocenters. The molecule has 2 aromatic rings. The molecule has 5 atom stereocenters. The van der Waals surface area contributed by atoms with Crippen LogP contribution in [0.5, 0.6) is 0 Å². The Morgan fingerprint density at radius 3 is 2.30 bits per heavy atom. The van der Waals surface area contributed by atoms with E-state index in [9.17, 15) is 33.9 Å². The van der Waals surface area contributed by atoms with Crippen LogP contribution in [0.2, 0.25) is 0 Å². The van der Waals surface area contributed by atoms with Crippen molar-refractivity contribution < 1.29 is 38.6 Å². The minimum atomic E-state index is -1.35. The van der Waals surface area contributed by atoms with Crippen LogP contribution in [0.1, 0.15) is 64.6 Å². The summed E-state index contributed by atoms with van der Waals surface area (Å²) < 4.78 is 4.77. The Hall–Kier alpha value is -4.46. The van der Waals surface area contributed by atoms with Crippen molar-refractivity contribution in [2.45, 2.75) is 96.9 Å². The maximum absolute atomic E-state index is 13.8. The van der Waals surface area contributed by atoms with E-state index in [0.29, 0.717) is 6.42 Å². The Balaban J connectivity index is 1.74. The number of ether oxygens (including phenoxy) is 1. The predicted octanol–water partition coefficient (Wildman–Crippen LogP) is 1.14. The summed E-state index contributed by atoms with van der Waals surface area (Å²) in [4.78, 5) is 82.3. The fourth-order valence-corrected chi connectivity index (χ4v) is 5.88. The van der Waals surface area contributed by atoms with Crippen LogP contribution in [0.3, 0.4) is 0 Å². The zero-order valence-electron chi connectivity index (χ0n) is 27.9. The molecule has 0 spiro atoms. The number of aromatic amines is 1. The fourth-order valence-electron chi connectivity index (χ4n) is 5.88. The number of H-pyrrole nitrogens is 1. The summed E-state index contributed by atoms with van der Waals surface area (Å²) in [6.45, 7) is 9.16. The lowest BCUT2D eigenvalue weighted by atomic mass is 10.00. The molecule has 1 aromatic carbocycles. The largest absolute Gasteiger partial charge is 0.480 e. The van der Waals surface area contributed by atoms with Gasteiger partial charge in [0.1, 0.15) is 24.2 Å². The first-order valence-corrected chi connectivity index (χ1v) is 16.0. The van der Waals surface area contributed by atoms with Crippen LogP contribution >= 0.6 is 0 Å². The van der Waals surface area contributed by atoms with E-state index in [2.05, 4.69) is 20.9 Å². The molecule has 0 bridgehead atoms. The number of benzene rings is 1. The van der Waals surface area contributed by atoms with Gasteiger partial charge in [-0.15, -0.1) is 0 Å². The predicted molar refractivity (Wildman–Crippen MR) is 174 cm³/mol. The molecule has 3 rings (SSSR count). The number of nitrogens with zero attached hydrogens (tertiary/aromatic N) is 1. The number of nitrogens with one attached hydrogen (secondary N) is 4. The van der Waals surface area contributed by atoms with Crippen molar-refractivity contribution in [3.8, 4) is 0 Å². The average molecular weight is 657 g/mol. The molecule has 2 heterocycles. The minimum Gasteiger partial charge on any atom is -0.480 e. The number of fused-ring (bicyclic) bond motifs is 1. The quantitative estimate of drug-likeness (QED) is 0.152. The van der Waals surface area contributed by atoms with E-state index in [1.165, 1.54) is 4.90 Å². The normalized spacial score (nSPS) is 17.2. The van der Waals surface area contributed by atoms with E-state index in [4.69, 9.17) is 10.5 Å². The standard InChI is InChI=1S/C33H48N6O8/c1-17(2)14-25(33(45)46)37-31(43)28(18(3)4)38-30(42)26-12-9-13-39(26)32(44)24(16-27(40)47-6)36-29(41)22(34)15-21-19(5)35-23-11-8-7-10-20(21)23/h7-8,10-11,17-18,22,24-26,28,35H,9,12-16,34H2,1-6H3,(H,36,41)(H,37,43)(H,38,42)(H,45,46)/t22-,24-,25+,26+,28-/m1/s1. The molecule has 1 aliphatic rings. The lowest BCUT2D eigenvalue weighted by Gasteiger charge is -2.31. The van der Waals surface area contributed by atoms with E-state index in [1.54, 1.807) is 13.8 Å². The van der Waals surface area contributed by atoms with Crippen molar-refractivity contribution in [2.24, 2.45) is 17.6 Å². The first-order chi connectivity index (χ1) is 22.1. The van der Waals surface area contributed by atoms with Gasteiger partial charge >= 0.3 is 11.9 Å². The number of para-hydroxylation sites is 1. The maximum atomic E-state index is 13.8. The average Bonchev–Trinajstić information content (AvgIpc) is 3.62. The summed E-state index contributed by atoms with van der Waals surface area (Å²) in [5.74, 6) is -4.87. The molecule has 1 saturated heterocycles. The number of hydrogen-bond donors (Lipinski definition) is 6. The molecular formula is C33H48N6O8. The zero-order chi connectivity index (χ0) is 35.0. The van der Waals surface area contributed by atoms with Crippen LogP contribution in [-0.2, 0) is 39.9 Å². The molecule has 1 aliphatic heterocycles. The molecule has 47 heavy (non-hydrogen) atoms. The van der Waals surface area contributed by atoms with Crippen LogP contribution in [-0.4, -0.2) is 94.4 Å². The van der Waals surface area contributed by atoms with E-state index in [1.807, 2.05) is 45.0 Å². The number of methoxy groups -OCH3 is 1. The summed E-state index contributed by atoms with van der Waals surface area (Å²) in [5.41, 5.74) is 8.91. The van der Waals surface area contributed by atoms with Crippen LogP contribution < -0.4 is 21.7 Å². The van der Waals surface area contributed by atoms with E-state index in [0.717, 1.165) is 29.3 Å². The molecule has 0 radical (unpaired) electrons. The van der Waals surface area contributed by atoms with E-state index >= 15 is 0 Å². The highest BCUT2D eigenvalue weighted by atomic mass is 16.5. The maximum Gasteiger partial charge on any atom is 0.326 e. The van der Waals surface area contributed by atoms with Gasteiger partial charge in [0, 0.05) is 23.1 Å². The molecule has 0 saturated carbocycles. The van der Waals surface area contributed by atoms with Crippen LogP contribution in [0.25, 0.3) is 10.9 Å². The van der Waals surface area contributed by atoms with Crippen LogP contribution in [0.15, 0.2) is 24.3 Å². The highest BCUT2D eigenvalue weighted by Crippen LogP contribution is 2.24. The number of carboxylic acids is 1. The van der Waals surface area contributed by atoms with Gasteiger partial charge in [-0.2, -0.15) is 0 Å². The fraction of sp³-hybridized carbons (Fsp3) is 0.576. The summed E-state index contributed by atoms with van der Waals surface area (Å²) in [6, 6.07) is 2.04. The number of likely N-dealkylation sites (tertiary alicyclic amines) is 1. The van der Waals surface area contributed by atoms with Crippen molar-refractivity contribution in [1.82, 2.24) is 25.8 Å². The highest BCUT2D eigenvalue weighted by Gasteiger charge is 2.40. The van der Waals surface area contributed by atoms with Gasteiger partial charge in [0.25, 0.3) is 0 Å². The van der Waals surface area contributed by atoms with Crippen molar-refractivity contribution in [3.05, 3.63) is 35.5 Å². The number of amides is 4. The van der Waals surface area contributed by atoms with Gasteiger partial charge in [0.15, 0.2) is 0 Å². The number of carbonyl (C=O) groups is 6. The summed E-state index contributed by atoms with van der Waals surface area (Å²) in [5, 5.41) is 18.3. The summed E-state index contributed by atoms with van der Waals surface area (Å²) in [7, 11) is 1.16. The van der Waals surface area contributed by atoms with Gasteiger partial charge < -0.3 is 41.4 Å². The molecule has 1 fully saturated rings. The van der Waals surface area contributed by atoms with Crippen molar-refractivity contribution in [2.75, 3.05) is 13.7 Å². The smallest absolute Gasteiger partial charge is 0.326 e. The monoisotopic (exact) mass is 656 g/mol. The first kappa shape index (κ1) is 37.0. The number of rotatable bonds is 15. The third kappa shape index (κ3) is 9.53. The second-order valence-corrected chi connectivity index (χ2v) is 12.9. The molecule has 14 nitrogen and oxygen atoms in total. The topological polar surface area (TPSA) is 213 Å². The SMILES string of the molecule is COC(=O)C[C@@H](NC(=O)[C@H](N)Cc1c(C)[nH]c2ccccc12)C(=O)N1CCC[C@H]1C(=O)N[C@@H](C(=O)N[C@@H](CC(C)C)C(=O)O)C(C)C. The Morgan fingerprint density at radius 2 is 1.68 bits per heavy atom. The lowest BCUT2D eigenvalue weighted by Crippen LogP contribution is -2.59. The number of aromatic nitrogens is 1. The molecule has 0 aliphatic carbocycles. The summed E-state index contributed by atoms with van der Waals surface area (Å²) in [6.07, 6.45) is 0.662. The van der Waals surface area contributed by atoms with Crippen molar-refractivity contribution >= 4 is 46.5 Å². The van der Waals surface area contributed by atoms with Crippen molar-refractivity contribution in [1.29, 1.82) is 0 Å². The lowest BCUT2D eigenvalue weighted by molar-refractivity contribution is -0.147. The third-order valence-corrected chi connectivity index (χ3v) is 8.41. The number of nitrogens with two attached hydrogens (primary N) is 1. The number of carbonyl (C=O) groups excluding carboxylic acids is 5. The van der Waals surface area contributed by atoms with Gasteiger partial charge in [-0.3, -0.25) is 24.0 Å². The number of carboxylic acid groups (broad SMARTS) is 1. The Labute approximate surface area is 274 Å². The van der Waals surface area contributed by atoms with Crippen LogP contribution in [0, 0.1) is 18.8 Å². The Kier molecular flexibility index (Phi) is 12.9. The molecular weight excluding hydrogens is 608 g/mol. The summed E-state index contributed by atoms with van der Waals surface area (Å²) >= 11 is 0. The van der Waals surface area contributed by atoms with Gasteiger partial charge in [0.05, 0.1) is 19.6 Å². The highest BCUT2D eigenvalue weighted by molar-refractivity contribution is 5.97.